The Morgan fingerprint density at radius 2 is 2.22 bits per heavy atom. The summed E-state index contributed by atoms with van der Waals surface area (Å²) in [7, 11) is 0. The SMILES string of the molecule is CCCc1nc(COc2ccc(C)c(F)c2)no1. The lowest BCUT2D eigenvalue weighted by molar-refractivity contribution is 0.283. The van der Waals surface area contributed by atoms with Crippen molar-refractivity contribution in [2.24, 2.45) is 0 Å². The van der Waals surface area contributed by atoms with Gasteiger partial charge < -0.3 is 9.26 Å². The number of benzene rings is 1. The van der Waals surface area contributed by atoms with Crippen LogP contribution in [0.15, 0.2) is 22.7 Å². The van der Waals surface area contributed by atoms with Crippen LogP contribution in [-0.2, 0) is 13.0 Å². The van der Waals surface area contributed by atoms with E-state index in [1.165, 1.54) is 6.07 Å². The molecule has 1 aromatic heterocycles. The summed E-state index contributed by atoms with van der Waals surface area (Å²) in [5.74, 6) is 1.25. The van der Waals surface area contributed by atoms with Crippen molar-refractivity contribution in [2.75, 3.05) is 0 Å². The molecule has 0 aliphatic heterocycles. The Kier molecular flexibility index (Phi) is 3.92. The first-order chi connectivity index (χ1) is 8.69. The topological polar surface area (TPSA) is 48.2 Å². The molecule has 1 aromatic carbocycles. The summed E-state index contributed by atoms with van der Waals surface area (Å²) in [5.41, 5.74) is 0.590. The second kappa shape index (κ2) is 5.62. The van der Waals surface area contributed by atoms with E-state index in [2.05, 4.69) is 10.1 Å². The molecule has 0 saturated heterocycles. The fourth-order valence-corrected chi connectivity index (χ4v) is 1.48. The highest BCUT2D eigenvalue weighted by Crippen LogP contribution is 2.16. The van der Waals surface area contributed by atoms with E-state index in [1.54, 1.807) is 19.1 Å². The van der Waals surface area contributed by atoms with Gasteiger partial charge >= 0.3 is 0 Å². The van der Waals surface area contributed by atoms with E-state index in [9.17, 15) is 4.39 Å². The average Bonchev–Trinajstić information content (AvgIpc) is 2.79. The molecule has 0 N–H and O–H groups in total. The maximum absolute atomic E-state index is 13.3. The van der Waals surface area contributed by atoms with E-state index >= 15 is 0 Å². The molecule has 0 radical (unpaired) electrons. The summed E-state index contributed by atoms with van der Waals surface area (Å²) in [4.78, 5) is 4.16. The van der Waals surface area contributed by atoms with Crippen LogP contribution in [0.1, 0.15) is 30.6 Å². The summed E-state index contributed by atoms with van der Waals surface area (Å²) in [5, 5.41) is 3.78. The quantitative estimate of drug-likeness (QED) is 0.818. The number of hydrogen-bond donors (Lipinski definition) is 0. The van der Waals surface area contributed by atoms with Crippen LogP contribution in [-0.4, -0.2) is 10.1 Å². The predicted molar refractivity (Wildman–Crippen MR) is 63.8 cm³/mol. The molecule has 1 heterocycles. The second-order valence-corrected chi connectivity index (χ2v) is 4.05. The second-order valence-electron chi connectivity index (χ2n) is 4.05. The first kappa shape index (κ1) is 12.5. The van der Waals surface area contributed by atoms with Crippen LogP contribution in [0.5, 0.6) is 5.75 Å². The Morgan fingerprint density at radius 1 is 1.39 bits per heavy atom. The number of halogens is 1. The van der Waals surface area contributed by atoms with Gasteiger partial charge in [0.2, 0.25) is 11.7 Å². The minimum Gasteiger partial charge on any atom is -0.485 e. The van der Waals surface area contributed by atoms with Crippen LogP contribution in [0, 0.1) is 12.7 Å². The highest BCUT2D eigenvalue weighted by atomic mass is 19.1. The largest absolute Gasteiger partial charge is 0.485 e. The van der Waals surface area contributed by atoms with Crippen molar-refractivity contribution in [3.63, 3.8) is 0 Å². The predicted octanol–water partition coefficient (Wildman–Crippen LogP) is 3.05. The molecule has 0 amide bonds. The molecule has 0 fully saturated rings. The molecule has 5 heteroatoms. The fraction of sp³-hybridized carbons (Fsp3) is 0.385. The Labute approximate surface area is 105 Å². The van der Waals surface area contributed by atoms with Crippen molar-refractivity contribution in [3.05, 3.63) is 41.3 Å². The van der Waals surface area contributed by atoms with E-state index in [0.717, 1.165) is 12.8 Å². The van der Waals surface area contributed by atoms with Crippen LogP contribution in [0.3, 0.4) is 0 Å². The van der Waals surface area contributed by atoms with Gasteiger partial charge in [0.15, 0.2) is 6.61 Å². The number of aromatic nitrogens is 2. The lowest BCUT2D eigenvalue weighted by Gasteiger charge is -2.04. The molecule has 18 heavy (non-hydrogen) atoms. The van der Waals surface area contributed by atoms with Gasteiger partial charge in [0.1, 0.15) is 11.6 Å². The molecule has 0 atom stereocenters. The maximum atomic E-state index is 13.3. The molecule has 0 unspecified atom stereocenters. The molecule has 0 aliphatic carbocycles. The molecule has 2 aromatic rings. The van der Waals surface area contributed by atoms with Crippen molar-refractivity contribution < 1.29 is 13.7 Å². The van der Waals surface area contributed by atoms with Gasteiger partial charge in [-0.1, -0.05) is 18.1 Å². The monoisotopic (exact) mass is 250 g/mol. The minimum absolute atomic E-state index is 0.176. The van der Waals surface area contributed by atoms with Gasteiger partial charge in [-0.15, -0.1) is 0 Å². The number of hydrogen-bond acceptors (Lipinski definition) is 4. The Hall–Kier alpha value is -1.91. The van der Waals surface area contributed by atoms with Gasteiger partial charge in [-0.2, -0.15) is 4.98 Å². The van der Waals surface area contributed by atoms with E-state index < -0.39 is 0 Å². The highest BCUT2D eigenvalue weighted by molar-refractivity contribution is 5.27. The van der Waals surface area contributed by atoms with Crippen LogP contribution < -0.4 is 4.74 Å². The minimum atomic E-state index is -0.285. The smallest absolute Gasteiger partial charge is 0.226 e. The molecule has 2 rings (SSSR count). The van der Waals surface area contributed by atoms with Gasteiger partial charge in [-0.25, -0.2) is 4.39 Å². The zero-order valence-corrected chi connectivity index (χ0v) is 10.4. The Morgan fingerprint density at radius 3 is 2.94 bits per heavy atom. The fourth-order valence-electron chi connectivity index (χ4n) is 1.48. The van der Waals surface area contributed by atoms with E-state index in [4.69, 9.17) is 9.26 Å². The van der Waals surface area contributed by atoms with Gasteiger partial charge in [0, 0.05) is 12.5 Å². The number of aryl methyl sites for hydroxylation is 2. The lowest BCUT2D eigenvalue weighted by atomic mass is 10.2. The van der Waals surface area contributed by atoms with E-state index in [1.807, 2.05) is 6.92 Å². The van der Waals surface area contributed by atoms with E-state index in [0.29, 0.717) is 23.0 Å². The zero-order valence-electron chi connectivity index (χ0n) is 10.4. The molecule has 0 bridgehead atoms. The molecule has 0 spiro atoms. The zero-order chi connectivity index (χ0) is 13.0. The first-order valence-corrected chi connectivity index (χ1v) is 5.89. The van der Waals surface area contributed by atoms with Crippen molar-refractivity contribution in [1.82, 2.24) is 10.1 Å². The van der Waals surface area contributed by atoms with Gasteiger partial charge in [0.05, 0.1) is 0 Å². The number of ether oxygens (including phenoxy) is 1. The molecule has 96 valence electrons. The third-order valence-corrected chi connectivity index (χ3v) is 2.49. The summed E-state index contributed by atoms with van der Waals surface area (Å²) in [6.45, 7) is 3.92. The van der Waals surface area contributed by atoms with Crippen molar-refractivity contribution in [3.8, 4) is 5.75 Å². The van der Waals surface area contributed by atoms with Crippen LogP contribution >= 0.6 is 0 Å². The Bertz CT molecular complexity index is 525. The lowest BCUT2D eigenvalue weighted by Crippen LogP contribution is -1.98. The highest BCUT2D eigenvalue weighted by Gasteiger charge is 2.06. The third kappa shape index (κ3) is 3.06. The third-order valence-electron chi connectivity index (χ3n) is 2.49. The molecule has 0 saturated carbocycles. The summed E-state index contributed by atoms with van der Waals surface area (Å²) < 4.78 is 23.7. The maximum Gasteiger partial charge on any atom is 0.226 e. The average molecular weight is 250 g/mol. The summed E-state index contributed by atoms with van der Waals surface area (Å²) >= 11 is 0. The molecular weight excluding hydrogens is 235 g/mol. The van der Waals surface area contributed by atoms with E-state index in [-0.39, 0.29) is 12.4 Å². The van der Waals surface area contributed by atoms with Crippen LogP contribution in [0.4, 0.5) is 4.39 Å². The number of nitrogens with zero attached hydrogens (tertiary/aromatic N) is 2. The molecular formula is C13H15FN2O2. The van der Waals surface area contributed by atoms with Gasteiger partial charge in [-0.05, 0) is 25.0 Å². The van der Waals surface area contributed by atoms with Crippen molar-refractivity contribution in [1.29, 1.82) is 0 Å². The summed E-state index contributed by atoms with van der Waals surface area (Å²) in [6.07, 6.45) is 1.71. The van der Waals surface area contributed by atoms with Gasteiger partial charge in [-0.3, -0.25) is 0 Å². The first-order valence-electron chi connectivity index (χ1n) is 5.89. The van der Waals surface area contributed by atoms with Crippen LogP contribution in [0.25, 0.3) is 0 Å². The molecule has 0 aliphatic rings. The Balaban J connectivity index is 1.95. The van der Waals surface area contributed by atoms with Gasteiger partial charge in [0.25, 0.3) is 0 Å². The van der Waals surface area contributed by atoms with Crippen molar-refractivity contribution >= 4 is 0 Å². The standard InChI is InChI=1S/C13H15FN2O2/c1-3-4-13-15-12(16-18-13)8-17-10-6-5-9(2)11(14)7-10/h5-7H,3-4,8H2,1-2H3. The summed E-state index contributed by atoms with van der Waals surface area (Å²) in [6, 6.07) is 4.73. The normalized spacial score (nSPS) is 10.6. The van der Waals surface area contributed by atoms with Crippen molar-refractivity contribution in [2.45, 2.75) is 33.3 Å². The molecule has 4 nitrogen and oxygen atoms in total. The van der Waals surface area contributed by atoms with Crippen LogP contribution in [0.2, 0.25) is 0 Å². The number of rotatable bonds is 5.